The fraction of sp³-hybridized carbons (Fsp3) is 0.444. The van der Waals surface area contributed by atoms with Gasteiger partial charge in [0.25, 0.3) is 0 Å². The number of carbonyl (C=O) groups is 2. The van der Waals surface area contributed by atoms with Crippen molar-refractivity contribution in [2.24, 2.45) is 0 Å². The van der Waals surface area contributed by atoms with Crippen molar-refractivity contribution in [1.29, 1.82) is 0 Å². The zero-order valence-corrected chi connectivity index (χ0v) is 14.6. The van der Waals surface area contributed by atoms with Crippen molar-refractivity contribution in [3.63, 3.8) is 0 Å². The zero-order valence-electron chi connectivity index (χ0n) is 14.6. The molecule has 1 aromatic carbocycles. The van der Waals surface area contributed by atoms with E-state index in [-0.39, 0.29) is 24.3 Å². The van der Waals surface area contributed by atoms with Crippen molar-refractivity contribution in [2.75, 3.05) is 0 Å². The van der Waals surface area contributed by atoms with Crippen molar-refractivity contribution in [3.05, 3.63) is 47.0 Å². The number of aryl methyl sites for hydroxylation is 2. The number of benzene rings is 1. The summed E-state index contributed by atoms with van der Waals surface area (Å²) in [6, 6.07) is 7.48. The van der Waals surface area contributed by atoms with Gasteiger partial charge < -0.3 is 15.2 Å². The number of fused-ring (bicyclic) bond motifs is 1. The quantitative estimate of drug-likeness (QED) is 0.831. The molecule has 1 aliphatic heterocycles. The molecule has 2 aromatic rings. The van der Waals surface area contributed by atoms with Crippen LogP contribution in [0.3, 0.4) is 0 Å². The second kappa shape index (κ2) is 7.46. The van der Waals surface area contributed by atoms with Gasteiger partial charge in [-0.1, -0.05) is 29.8 Å². The van der Waals surface area contributed by atoms with Gasteiger partial charge in [0, 0.05) is 19.9 Å². The Morgan fingerprint density at radius 2 is 2.00 bits per heavy atom. The van der Waals surface area contributed by atoms with Gasteiger partial charge in [0.05, 0.1) is 19.0 Å². The molecule has 1 unspecified atom stereocenters. The first-order valence-electron chi connectivity index (χ1n) is 8.54. The average molecular weight is 341 g/mol. The molecule has 7 nitrogen and oxygen atoms in total. The molecule has 2 heterocycles. The lowest BCUT2D eigenvalue weighted by Crippen LogP contribution is -2.32. The summed E-state index contributed by atoms with van der Waals surface area (Å²) in [6.07, 6.45) is 2.20. The number of carbonyl (C=O) groups excluding carboxylic acids is 2. The van der Waals surface area contributed by atoms with E-state index in [1.807, 2.05) is 31.2 Å². The van der Waals surface area contributed by atoms with Crippen molar-refractivity contribution < 1.29 is 9.59 Å². The van der Waals surface area contributed by atoms with Crippen LogP contribution >= 0.6 is 0 Å². The molecule has 7 heteroatoms. The molecule has 25 heavy (non-hydrogen) atoms. The number of amides is 2. The van der Waals surface area contributed by atoms with E-state index in [2.05, 4.69) is 25.4 Å². The van der Waals surface area contributed by atoms with Crippen LogP contribution in [-0.2, 0) is 29.1 Å². The Bertz CT molecular complexity index is 766. The summed E-state index contributed by atoms with van der Waals surface area (Å²) in [6.45, 7) is 4.72. The van der Waals surface area contributed by atoms with E-state index in [4.69, 9.17) is 0 Å². The summed E-state index contributed by atoms with van der Waals surface area (Å²) in [5.74, 6) is 1.48. The highest BCUT2D eigenvalue weighted by atomic mass is 16.2. The number of hydrogen-bond donors (Lipinski definition) is 2. The topological polar surface area (TPSA) is 88.9 Å². The van der Waals surface area contributed by atoms with Gasteiger partial charge in [-0.2, -0.15) is 0 Å². The predicted molar refractivity (Wildman–Crippen MR) is 92.5 cm³/mol. The first-order chi connectivity index (χ1) is 12.0. The van der Waals surface area contributed by atoms with Gasteiger partial charge in [-0.05, 0) is 18.9 Å². The van der Waals surface area contributed by atoms with Crippen LogP contribution in [0.5, 0.6) is 0 Å². The molecule has 2 N–H and O–H groups in total. The van der Waals surface area contributed by atoms with E-state index < -0.39 is 0 Å². The van der Waals surface area contributed by atoms with Gasteiger partial charge in [0.1, 0.15) is 5.82 Å². The number of nitrogens with one attached hydrogen (secondary N) is 2. The molecule has 0 spiro atoms. The summed E-state index contributed by atoms with van der Waals surface area (Å²) in [5, 5.41) is 14.0. The van der Waals surface area contributed by atoms with E-state index in [1.165, 1.54) is 6.92 Å². The summed E-state index contributed by atoms with van der Waals surface area (Å²) < 4.78 is 2.06. The Balaban J connectivity index is 1.61. The number of nitrogens with zero attached hydrogens (tertiary/aromatic N) is 3. The van der Waals surface area contributed by atoms with Crippen molar-refractivity contribution in [1.82, 2.24) is 25.4 Å². The molecule has 0 fully saturated rings. The molecular formula is C18H23N5O2. The van der Waals surface area contributed by atoms with E-state index >= 15 is 0 Å². The fourth-order valence-corrected chi connectivity index (χ4v) is 3.07. The minimum Gasteiger partial charge on any atom is -0.349 e. The van der Waals surface area contributed by atoms with Crippen molar-refractivity contribution in [3.8, 4) is 0 Å². The Kier molecular flexibility index (Phi) is 5.11. The van der Waals surface area contributed by atoms with E-state index in [9.17, 15) is 9.59 Å². The third-order valence-corrected chi connectivity index (χ3v) is 4.38. The smallest absolute Gasteiger partial charge is 0.222 e. The highest BCUT2D eigenvalue weighted by Crippen LogP contribution is 2.18. The second-order valence-corrected chi connectivity index (χ2v) is 6.43. The third-order valence-electron chi connectivity index (χ3n) is 4.38. The monoisotopic (exact) mass is 341 g/mol. The summed E-state index contributed by atoms with van der Waals surface area (Å²) in [4.78, 5) is 23.8. The molecule has 0 saturated heterocycles. The van der Waals surface area contributed by atoms with E-state index in [0.29, 0.717) is 6.54 Å². The van der Waals surface area contributed by atoms with Crippen LogP contribution < -0.4 is 10.6 Å². The summed E-state index contributed by atoms with van der Waals surface area (Å²) in [5.41, 5.74) is 2.05. The largest absolute Gasteiger partial charge is 0.349 e. The van der Waals surface area contributed by atoms with E-state index in [0.717, 1.165) is 42.2 Å². The van der Waals surface area contributed by atoms with Gasteiger partial charge in [-0.3, -0.25) is 9.59 Å². The van der Waals surface area contributed by atoms with Crippen LogP contribution in [0.4, 0.5) is 0 Å². The molecule has 0 radical (unpaired) electrons. The number of rotatable bonds is 6. The van der Waals surface area contributed by atoms with Gasteiger partial charge >= 0.3 is 0 Å². The summed E-state index contributed by atoms with van der Waals surface area (Å²) >= 11 is 0. The SMILES string of the molecule is CC(=O)NC(CC(=O)NCc1nnc2n1CCC2)c1ccc(C)cc1. The Morgan fingerprint density at radius 3 is 2.72 bits per heavy atom. The van der Waals surface area contributed by atoms with Crippen LogP contribution in [0.15, 0.2) is 24.3 Å². The fourth-order valence-electron chi connectivity index (χ4n) is 3.07. The Hall–Kier alpha value is -2.70. The van der Waals surface area contributed by atoms with Crippen molar-refractivity contribution >= 4 is 11.8 Å². The Morgan fingerprint density at radius 1 is 1.24 bits per heavy atom. The van der Waals surface area contributed by atoms with Gasteiger partial charge in [-0.15, -0.1) is 10.2 Å². The van der Waals surface area contributed by atoms with Crippen LogP contribution in [-0.4, -0.2) is 26.6 Å². The molecule has 132 valence electrons. The van der Waals surface area contributed by atoms with Crippen LogP contribution in [0.2, 0.25) is 0 Å². The normalized spacial score (nSPS) is 14.0. The summed E-state index contributed by atoms with van der Waals surface area (Å²) in [7, 11) is 0. The molecule has 2 amide bonds. The lowest BCUT2D eigenvalue weighted by Gasteiger charge is -2.18. The minimum atomic E-state index is -0.345. The Labute approximate surface area is 146 Å². The van der Waals surface area contributed by atoms with Crippen molar-refractivity contribution in [2.45, 2.75) is 52.2 Å². The van der Waals surface area contributed by atoms with Crippen LogP contribution in [0.1, 0.15) is 48.6 Å². The maximum Gasteiger partial charge on any atom is 0.222 e. The first-order valence-corrected chi connectivity index (χ1v) is 8.54. The van der Waals surface area contributed by atoms with E-state index in [1.54, 1.807) is 0 Å². The molecule has 1 aromatic heterocycles. The molecule has 0 saturated carbocycles. The molecular weight excluding hydrogens is 318 g/mol. The molecule has 0 bridgehead atoms. The minimum absolute atomic E-state index is 0.130. The van der Waals surface area contributed by atoms with Crippen LogP contribution in [0, 0.1) is 6.92 Å². The molecule has 3 rings (SSSR count). The predicted octanol–water partition coefficient (Wildman–Crippen LogP) is 1.42. The van der Waals surface area contributed by atoms with Gasteiger partial charge in [0.15, 0.2) is 5.82 Å². The lowest BCUT2D eigenvalue weighted by atomic mass is 10.0. The van der Waals surface area contributed by atoms with Gasteiger partial charge in [0.2, 0.25) is 11.8 Å². The first kappa shape index (κ1) is 17.1. The number of hydrogen-bond acceptors (Lipinski definition) is 4. The standard InChI is InChI=1S/C18H23N5O2/c1-12-5-7-14(8-6-12)15(20-13(2)24)10-18(25)19-11-17-22-21-16-4-3-9-23(16)17/h5-8,15H,3-4,9-11H2,1-2H3,(H,19,25)(H,20,24). The third kappa shape index (κ3) is 4.23. The van der Waals surface area contributed by atoms with Gasteiger partial charge in [-0.25, -0.2) is 0 Å². The highest BCUT2D eigenvalue weighted by molar-refractivity contribution is 5.79. The highest BCUT2D eigenvalue weighted by Gasteiger charge is 2.20. The second-order valence-electron chi connectivity index (χ2n) is 6.43. The maximum atomic E-state index is 12.4. The molecule has 0 aliphatic carbocycles. The molecule has 1 atom stereocenters. The average Bonchev–Trinajstić information content (AvgIpc) is 3.16. The lowest BCUT2D eigenvalue weighted by molar-refractivity contribution is -0.123. The zero-order chi connectivity index (χ0) is 17.8. The number of aromatic nitrogens is 3. The maximum absolute atomic E-state index is 12.4. The molecule has 1 aliphatic rings. The van der Waals surface area contributed by atoms with Crippen LogP contribution in [0.25, 0.3) is 0 Å².